The average Bonchev–Trinajstić information content (AvgIpc) is 2.72. The molecule has 0 saturated carbocycles. The number of alkyl halides is 1. The second-order valence-corrected chi connectivity index (χ2v) is 7.55. The molecule has 2 amide bonds. The minimum absolute atomic E-state index is 0.130. The fourth-order valence-electron chi connectivity index (χ4n) is 2.49. The van der Waals surface area contributed by atoms with Crippen LogP contribution in [0.4, 0.5) is 0 Å². The normalized spacial score (nSPS) is 17.1. The van der Waals surface area contributed by atoms with Gasteiger partial charge in [-0.05, 0) is 33.6 Å². The van der Waals surface area contributed by atoms with E-state index in [-0.39, 0.29) is 22.7 Å². The van der Waals surface area contributed by atoms with Crippen LogP contribution < -0.4 is 5.32 Å². The molecule has 0 spiro atoms. The van der Waals surface area contributed by atoms with Crippen molar-refractivity contribution in [1.29, 1.82) is 0 Å². The highest BCUT2D eigenvalue weighted by Gasteiger charge is 2.30. The van der Waals surface area contributed by atoms with E-state index >= 15 is 0 Å². The van der Waals surface area contributed by atoms with E-state index in [0.717, 1.165) is 25.7 Å². The number of carbonyl (C=O) groups excluding carboxylic acids is 3. The third kappa shape index (κ3) is 7.99. The maximum atomic E-state index is 12.7. The summed E-state index contributed by atoms with van der Waals surface area (Å²) in [5.41, 5.74) is -0.611. The van der Waals surface area contributed by atoms with Crippen LogP contribution in [-0.2, 0) is 19.1 Å². The zero-order chi connectivity index (χ0) is 17.5. The molecule has 23 heavy (non-hydrogen) atoms. The van der Waals surface area contributed by atoms with Gasteiger partial charge in [0.2, 0.25) is 11.8 Å². The number of nitrogens with one attached hydrogen (secondary N) is 1. The molecule has 6 nitrogen and oxygen atoms in total. The van der Waals surface area contributed by atoms with Crippen molar-refractivity contribution >= 4 is 40.4 Å². The van der Waals surface area contributed by atoms with Crippen molar-refractivity contribution in [1.82, 2.24) is 10.2 Å². The Labute approximate surface area is 151 Å². The Morgan fingerprint density at radius 1 is 1.13 bits per heavy atom. The lowest BCUT2D eigenvalue weighted by molar-refractivity contribution is -0.157. The van der Waals surface area contributed by atoms with Gasteiger partial charge in [0.1, 0.15) is 11.6 Å². The van der Waals surface area contributed by atoms with E-state index in [4.69, 9.17) is 4.74 Å². The number of amides is 2. The number of hydrogen-bond donors (Lipinski definition) is 1. The molecule has 1 saturated heterocycles. The third-order valence-corrected chi connectivity index (χ3v) is 4.16. The Bertz CT molecular complexity index is 426. The summed E-state index contributed by atoms with van der Waals surface area (Å²) in [4.78, 5) is 38.2. The number of hydrogen-bond acceptors (Lipinski definition) is 4. The molecule has 0 aromatic rings. The summed E-state index contributed by atoms with van der Waals surface area (Å²) in [5, 5.41) is 2.66. The van der Waals surface area contributed by atoms with Crippen LogP contribution in [0.15, 0.2) is 0 Å². The van der Waals surface area contributed by atoms with Crippen molar-refractivity contribution in [2.24, 2.45) is 0 Å². The first-order chi connectivity index (χ1) is 10.7. The first kappa shape index (κ1) is 20.2. The van der Waals surface area contributed by atoms with Gasteiger partial charge in [0.05, 0.1) is 10.8 Å². The SMILES string of the molecule is CC(C)(C)OC(=O)C[C@H](NC(=O)CI)C(=O)N1CCCCCC1. The highest BCUT2D eigenvalue weighted by atomic mass is 127. The van der Waals surface area contributed by atoms with Gasteiger partial charge in [0, 0.05) is 13.1 Å². The van der Waals surface area contributed by atoms with Crippen LogP contribution in [0.5, 0.6) is 0 Å². The van der Waals surface area contributed by atoms with E-state index in [9.17, 15) is 14.4 Å². The fourth-order valence-corrected chi connectivity index (χ4v) is 2.71. The van der Waals surface area contributed by atoms with Gasteiger partial charge in [-0.1, -0.05) is 35.4 Å². The molecular formula is C16H27IN2O4. The summed E-state index contributed by atoms with van der Waals surface area (Å²) in [7, 11) is 0. The maximum absolute atomic E-state index is 12.7. The van der Waals surface area contributed by atoms with Crippen LogP contribution in [0.1, 0.15) is 52.9 Å². The van der Waals surface area contributed by atoms with Gasteiger partial charge in [-0.25, -0.2) is 0 Å². The topological polar surface area (TPSA) is 75.7 Å². The third-order valence-electron chi connectivity index (χ3n) is 3.46. The van der Waals surface area contributed by atoms with E-state index in [1.165, 1.54) is 0 Å². The van der Waals surface area contributed by atoms with Gasteiger partial charge >= 0.3 is 5.97 Å². The second kappa shape index (κ2) is 9.44. The van der Waals surface area contributed by atoms with Crippen LogP contribution >= 0.6 is 22.6 Å². The van der Waals surface area contributed by atoms with Gasteiger partial charge < -0.3 is 15.0 Å². The summed E-state index contributed by atoms with van der Waals surface area (Å²) in [6.07, 6.45) is 4.02. The molecule has 0 unspecified atom stereocenters. The number of nitrogens with zero attached hydrogens (tertiary/aromatic N) is 1. The van der Waals surface area contributed by atoms with Crippen LogP contribution in [0.2, 0.25) is 0 Å². The number of carbonyl (C=O) groups is 3. The van der Waals surface area contributed by atoms with Gasteiger partial charge in [0.25, 0.3) is 0 Å². The largest absolute Gasteiger partial charge is 0.460 e. The lowest BCUT2D eigenvalue weighted by Gasteiger charge is -2.27. The van der Waals surface area contributed by atoms with Crippen LogP contribution in [0, 0.1) is 0 Å². The molecule has 7 heteroatoms. The van der Waals surface area contributed by atoms with Crippen molar-refractivity contribution in [3.05, 3.63) is 0 Å². The van der Waals surface area contributed by atoms with Gasteiger partial charge in [0.15, 0.2) is 0 Å². The zero-order valence-corrected chi connectivity index (χ0v) is 16.3. The van der Waals surface area contributed by atoms with Gasteiger partial charge in [-0.3, -0.25) is 14.4 Å². The monoisotopic (exact) mass is 438 g/mol. The van der Waals surface area contributed by atoms with E-state index in [1.54, 1.807) is 25.7 Å². The van der Waals surface area contributed by atoms with Crippen LogP contribution in [0.3, 0.4) is 0 Å². The first-order valence-electron chi connectivity index (χ1n) is 8.09. The number of rotatable bonds is 5. The predicted octanol–water partition coefficient (Wildman–Crippen LogP) is 2.04. The molecule has 132 valence electrons. The summed E-state index contributed by atoms with van der Waals surface area (Å²) >= 11 is 1.93. The Balaban J connectivity index is 2.75. The first-order valence-corrected chi connectivity index (χ1v) is 9.61. The molecule has 0 bridgehead atoms. The Kier molecular flexibility index (Phi) is 8.28. The second-order valence-electron chi connectivity index (χ2n) is 6.78. The maximum Gasteiger partial charge on any atom is 0.308 e. The number of likely N-dealkylation sites (tertiary alicyclic amines) is 1. The smallest absolute Gasteiger partial charge is 0.308 e. The van der Waals surface area contributed by atoms with Crippen LogP contribution in [0.25, 0.3) is 0 Å². The highest BCUT2D eigenvalue weighted by Crippen LogP contribution is 2.14. The molecule has 1 N–H and O–H groups in total. The van der Waals surface area contributed by atoms with Crippen molar-refractivity contribution in [3.63, 3.8) is 0 Å². The molecule has 0 aromatic carbocycles. The molecule has 1 rings (SSSR count). The molecule has 0 aromatic heterocycles. The lowest BCUT2D eigenvalue weighted by atomic mass is 10.1. The standard InChI is InChI=1S/C16H27IN2O4/c1-16(2,3)23-14(21)10-12(18-13(20)11-17)15(22)19-8-6-4-5-7-9-19/h12H,4-11H2,1-3H3,(H,18,20)/t12-/m0/s1. The molecule has 0 radical (unpaired) electrons. The Hall–Kier alpha value is -0.860. The number of halogens is 1. The summed E-state index contributed by atoms with van der Waals surface area (Å²) in [6, 6.07) is -0.842. The summed E-state index contributed by atoms with van der Waals surface area (Å²) < 4.78 is 5.53. The van der Waals surface area contributed by atoms with Crippen molar-refractivity contribution in [3.8, 4) is 0 Å². The zero-order valence-electron chi connectivity index (χ0n) is 14.2. The molecule has 1 atom stereocenters. The quantitative estimate of drug-likeness (QED) is 0.405. The molecule has 1 aliphatic heterocycles. The van der Waals surface area contributed by atoms with Crippen LogP contribution in [-0.4, -0.2) is 51.8 Å². The fraction of sp³-hybridized carbons (Fsp3) is 0.812. The van der Waals surface area contributed by atoms with E-state index < -0.39 is 17.6 Å². The summed E-state index contributed by atoms with van der Waals surface area (Å²) in [6.45, 7) is 6.70. The molecule has 1 aliphatic rings. The van der Waals surface area contributed by atoms with Crippen molar-refractivity contribution < 1.29 is 19.1 Å². The highest BCUT2D eigenvalue weighted by molar-refractivity contribution is 14.1. The van der Waals surface area contributed by atoms with E-state index in [1.807, 2.05) is 22.6 Å². The lowest BCUT2D eigenvalue weighted by Crippen LogP contribution is -2.50. The average molecular weight is 438 g/mol. The predicted molar refractivity (Wildman–Crippen MR) is 96.3 cm³/mol. The van der Waals surface area contributed by atoms with Gasteiger partial charge in [-0.2, -0.15) is 0 Å². The number of ether oxygens (including phenoxy) is 1. The van der Waals surface area contributed by atoms with E-state index in [2.05, 4.69) is 5.32 Å². The van der Waals surface area contributed by atoms with Crippen molar-refractivity contribution in [2.75, 3.05) is 17.5 Å². The minimum Gasteiger partial charge on any atom is -0.460 e. The Morgan fingerprint density at radius 2 is 1.70 bits per heavy atom. The van der Waals surface area contributed by atoms with Crippen molar-refractivity contribution in [2.45, 2.75) is 64.5 Å². The Morgan fingerprint density at radius 3 is 2.17 bits per heavy atom. The molecule has 0 aliphatic carbocycles. The van der Waals surface area contributed by atoms with E-state index in [0.29, 0.717) is 13.1 Å². The number of esters is 1. The van der Waals surface area contributed by atoms with Gasteiger partial charge in [-0.15, -0.1) is 0 Å². The molecular weight excluding hydrogens is 411 g/mol. The molecule has 1 heterocycles. The summed E-state index contributed by atoms with van der Waals surface area (Å²) in [5.74, 6) is -0.905. The minimum atomic E-state index is -0.842. The molecule has 1 fully saturated rings.